The summed E-state index contributed by atoms with van der Waals surface area (Å²) in [6, 6.07) is 5.27. The maximum atomic E-state index is 12.4. The summed E-state index contributed by atoms with van der Waals surface area (Å²) in [5.74, 6) is 0. The quantitative estimate of drug-likeness (QED) is 0.760. The molecule has 2 fully saturated rings. The molecule has 2 heterocycles. The average molecular weight is 337 g/mol. The van der Waals surface area contributed by atoms with Crippen LogP contribution in [0.5, 0.6) is 0 Å². The van der Waals surface area contributed by atoms with Crippen LogP contribution >= 0.6 is 11.3 Å². The van der Waals surface area contributed by atoms with Gasteiger partial charge in [-0.05, 0) is 31.2 Å². The van der Waals surface area contributed by atoms with E-state index in [9.17, 15) is 4.79 Å². The molecule has 4 nitrogen and oxygen atoms in total. The molecule has 2 amide bonds. The van der Waals surface area contributed by atoms with Crippen LogP contribution in [0.4, 0.5) is 4.79 Å². The van der Waals surface area contributed by atoms with Gasteiger partial charge in [-0.15, -0.1) is 11.3 Å². The second kappa shape index (κ2) is 8.15. The van der Waals surface area contributed by atoms with Crippen LogP contribution in [0, 0.1) is 0 Å². The standard InChI is InChI=1S/C18H29N3OS/c1-14(19-18(22)20-15-8-3-2-4-9-15)17(16-10-7-13-23-16)21-11-5-6-12-21/h7,10,13-15,17H,2-6,8-9,11-12H2,1H3,(H2,19,20,22)/p+1/t14-,17-/m0/s1. The molecule has 0 spiro atoms. The first-order valence-electron chi connectivity index (χ1n) is 9.19. The molecule has 1 saturated heterocycles. The maximum absolute atomic E-state index is 12.4. The van der Waals surface area contributed by atoms with Crippen LogP contribution in [0.25, 0.3) is 0 Å². The third kappa shape index (κ3) is 4.48. The number of rotatable bonds is 5. The van der Waals surface area contributed by atoms with Gasteiger partial charge in [-0.3, -0.25) is 0 Å². The number of urea groups is 1. The van der Waals surface area contributed by atoms with E-state index < -0.39 is 0 Å². The zero-order valence-corrected chi connectivity index (χ0v) is 15.0. The largest absolute Gasteiger partial charge is 0.335 e. The molecule has 2 aliphatic rings. The smallest absolute Gasteiger partial charge is 0.315 e. The molecule has 1 saturated carbocycles. The Morgan fingerprint density at radius 1 is 1.22 bits per heavy atom. The van der Waals surface area contributed by atoms with E-state index in [1.54, 1.807) is 4.90 Å². The molecule has 1 aromatic rings. The second-order valence-electron chi connectivity index (χ2n) is 7.10. The molecule has 0 bridgehead atoms. The fourth-order valence-corrected chi connectivity index (χ4v) is 5.16. The predicted octanol–water partition coefficient (Wildman–Crippen LogP) is 2.49. The Morgan fingerprint density at radius 3 is 2.61 bits per heavy atom. The molecule has 1 aliphatic carbocycles. The van der Waals surface area contributed by atoms with E-state index in [0.717, 1.165) is 12.8 Å². The van der Waals surface area contributed by atoms with Gasteiger partial charge in [-0.1, -0.05) is 25.3 Å². The van der Waals surface area contributed by atoms with Crippen molar-refractivity contribution in [1.29, 1.82) is 0 Å². The lowest BCUT2D eigenvalue weighted by molar-refractivity contribution is -0.920. The van der Waals surface area contributed by atoms with Crippen molar-refractivity contribution in [3.63, 3.8) is 0 Å². The Morgan fingerprint density at radius 2 is 1.96 bits per heavy atom. The van der Waals surface area contributed by atoms with Crippen molar-refractivity contribution in [3.05, 3.63) is 22.4 Å². The van der Waals surface area contributed by atoms with Crippen molar-refractivity contribution in [1.82, 2.24) is 10.6 Å². The monoisotopic (exact) mass is 336 g/mol. The molecule has 1 aromatic heterocycles. The average Bonchev–Trinajstić information content (AvgIpc) is 3.22. The van der Waals surface area contributed by atoms with Crippen LogP contribution in [-0.2, 0) is 0 Å². The number of amides is 2. The van der Waals surface area contributed by atoms with E-state index in [0.29, 0.717) is 12.1 Å². The number of quaternary nitrogens is 1. The van der Waals surface area contributed by atoms with E-state index in [-0.39, 0.29) is 12.1 Å². The number of likely N-dealkylation sites (tertiary alicyclic amines) is 1. The summed E-state index contributed by atoms with van der Waals surface area (Å²) in [7, 11) is 0. The van der Waals surface area contributed by atoms with E-state index in [2.05, 4.69) is 35.1 Å². The van der Waals surface area contributed by atoms with Crippen molar-refractivity contribution in [2.75, 3.05) is 13.1 Å². The van der Waals surface area contributed by atoms with Gasteiger partial charge in [0.05, 0.1) is 24.0 Å². The first kappa shape index (κ1) is 16.8. The third-order valence-corrected chi connectivity index (χ3v) is 6.29. The molecular formula is C18H30N3OS+. The van der Waals surface area contributed by atoms with E-state index >= 15 is 0 Å². The SMILES string of the molecule is C[C@H](NC(=O)NC1CCCCC1)[C@@H](c1cccs1)[NH+]1CCCC1. The third-order valence-electron chi connectivity index (χ3n) is 5.33. The van der Waals surface area contributed by atoms with Gasteiger partial charge in [-0.25, -0.2) is 4.79 Å². The summed E-state index contributed by atoms with van der Waals surface area (Å²) in [6.07, 6.45) is 8.68. The lowest BCUT2D eigenvalue weighted by Crippen LogP contribution is -3.11. The lowest BCUT2D eigenvalue weighted by Gasteiger charge is -2.30. The summed E-state index contributed by atoms with van der Waals surface area (Å²) in [5, 5.41) is 8.56. The highest BCUT2D eigenvalue weighted by Crippen LogP contribution is 2.21. The van der Waals surface area contributed by atoms with Crippen molar-refractivity contribution in [3.8, 4) is 0 Å². The predicted molar refractivity (Wildman–Crippen MR) is 95.0 cm³/mol. The van der Waals surface area contributed by atoms with Crippen molar-refractivity contribution < 1.29 is 9.69 Å². The number of nitrogens with one attached hydrogen (secondary N) is 3. The minimum absolute atomic E-state index is 0.0181. The topological polar surface area (TPSA) is 45.6 Å². The van der Waals surface area contributed by atoms with Crippen LogP contribution in [0.15, 0.2) is 17.5 Å². The Hall–Kier alpha value is -1.07. The summed E-state index contributed by atoms with van der Waals surface area (Å²) in [5.41, 5.74) is 0. The van der Waals surface area contributed by atoms with Gasteiger partial charge < -0.3 is 15.5 Å². The van der Waals surface area contributed by atoms with E-state index in [1.165, 1.54) is 50.1 Å². The van der Waals surface area contributed by atoms with Crippen molar-refractivity contribution >= 4 is 17.4 Å². The first-order chi connectivity index (χ1) is 11.2. The normalized spacial score (nSPS) is 22.7. The number of carbonyl (C=O) groups is 1. The Balaban J connectivity index is 1.59. The van der Waals surface area contributed by atoms with Gasteiger partial charge >= 0.3 is 6.03 Å². The molecule has 0 aromatic carbocycles. The van der Waals surface area contributed by atoms with E-state index in [4.69, 9.17) is 0 Å². The number of carbonyl (C=O) groups excluding carboxylic acids is 1. The molecule has 3 rings (SSSR count). The zero-order valence-electron chi connectivity index (χ0n) is 14.1. The Kier molecular flexibility index (Phi) is 5.95. The number of hydrogen-bond donors (Lipinski definition) is 3. The summed E-state index contributed by atoms with van der Waals surface area (Å²) in [6.45, 7) is 4.60. The maximum Gasteiger partial charge on any atom is 0.315 e. The van der Waals surface area contributed by atoms with E-state index in [1.807, 2.05) is 11.3 Å². The van der Waals surface area contributed by atoms with Gasteiger partial charge in [0.2, 0.25) is 0 Å². The van der Waals surface area contributed by atoms with Crippen molar-refractivity contribution in [2.24, 2.45) is 0 Å². The van der Waals surface area contributed by atoms with Gasteiger partial charge in [0.1, 0.15) is 6.04 Å². The lowest BCUT2D eigenvalue weighted by atomic mass is 9.96. The molecule has 1 aliphatic heterocycles. The fourth-order valence-electron chi connectivity index (χ4n) is 4.17. The Bertz CT molecular complexity index is 478. The Labute approximate surface area is 143 Å². The minimum atomic E-state index is 0.0181. The van der Waals surface area contributed by atoms with Crippen LogP contribution in [-0.4, -0.2) is 31.2 Å². The second-order valence-corrected chi connectivity index (χ2v) is 8.08. The zero-order chi connectivity index (χ0) is 16.1. The molecule has 0 radical (unpaired) electrons. The van der Waals surface area contributed by atoms with Crippen LogP contribution < -0.4 is 15.5 Å². The molecule has 23 heavy (non-hydrogen) atoms. The van der Waals surface area contributed by atoms with Gasteiger partial charge in [-0.2, -0.15) is 0 Å². The molecule has 2 atom stereocenters. The number of hydrogen-bond acceptors (Lipinski definition) is 2. The van der Waals surface area contributed by atoms with Crippen LogP contribution in [0.3, 0.4) is 0 Å². The first-order valence-corrected chi connectivity index (χ1v) is 10.1. The minimum Gasteiger partial charge on any atom is -0.335 e. The van der Waals surface area contributed by atoms with Gasteiger partial charge in [0, 0.05) is 18.9 Å². The fraction of sp³-hybridized carbons (Fsp3) is 0.722. The molecule has 0 unspecified atom stereocenters. The van der Waals surface area contributed by atoms with Gasteiger partial charge in [0.25, 0.3) is 0 Å². The summed E-state index contributed by atoms with van der Waals surface area (Å²) < 4.78 is 0. The molecular weight excluding hydrogens is 306 g/mol. The summed E-state index contributed by atoms with van der Waals surface area (Å²) in [4.78, 5) is 15.4. The van der Waals surface area contributed by atoms with Crippen LogP contribution in [0.1, 0.15) is 62.8 Å². The molecule has 128 valence electrons. The van der Waals surface area contributed by atoms with Gasteiger partial charge in [0.15, 0.2) is 0 Å². The van der Waals surface area contributed by atoms with Crippen molar-refractivity contribution in [2.45, 2.75) is 70.0 Å². The van der Waals surface area contributed by atoms with Crippen LogP contribution in [0.2, 0.25) is 0 Å². The highest BCUT2D eigenvalue weighted by Gasteiger charge is 2.33. The number of thiophene rings is 1. The molecule has 5 heteroatoms. The molecule has 3 N–H and O–H groups in total. The highest BCUT2D eigenvalue weighted by molar-refractivity contribution is 7.10. The summed E-state index contributed by atoms with van der Waals surface area (Å²) >= 11 is 1.82. The highest BCUT2D eigenvalue weighted by atomic mass is 32.1.